The zero-order chi connectivity index (χ0) is 26.8. The number of rotatable bonds is 6. The van der Waals surface area contributed by atoms with E-state index in [9.17, 15) is 30.0 Å². The monoisotopic (exact) mass is 561 g/mol. The Morgan fingerprint density at radius 1 is 1.03 bits per heavy atom. The van der Waals surface area contributed by atoms with Crippen LogP contribution in [0.2, 0.25) is 0 Å². The van der Waals surface area contributed by atoms with Crippen molar-refractivity contribution in [1.82, 2.24) is 4.72 Å². The minimum Gasteiger partial charge on any atom is -0.492 e. The SMILES string of the molecule is Cc1ccc(F)c2c1OC[C@H]1[C@H](CNS(=O)(=O)C3CC3)CCC[C@@]21S(=O)(=O)c1ccc(C(F)(F)F)cc1. The van der Waals surface area contributed by atoms with Gasteiger partial charge in [0.2, 0.25) is 10.0 Å². The van der Waals surface area contributed by atoms with Crippen LogP contribution >= 0.6 is 0 Å². The number of alkyl halides is 3. The predicted molar refractivity (Wildman–Crippen MR) is 128 cm³/mol. The number of hydrogen-bond donors (Lipinski definition) is 1. The van der Waals surface area contributed by atoms with Gasteiger partial charge in [-0.2, -0.15) is 13.2 Å². The summed E-state index contributed by atoms with van der Waals surface area (Å²) in [6, 6.07) is 5.88. The average molecular weight is 562 g/mol. The molecule has 1 N–H and O–H groups in total. The molecule has 0 bridgehead atoms. The molecule has 2 aliphatic carbocycles. The third-order valence-corrected chi connectivity index (χ3v) is 12.4. The molecule has 3 aliphatic rings. The Kier molecular flexibility index (Phi) is 6.39. The molecule has 1 heterocycles. The molecule has 2 fully saturated rings. The number of halogens is 4. The van der Waals surface area contributed by atoms with Crippen molar-refractivity contribution in [2.45, 2.75) is 60.1 Å². The quantitative estimate of drug-likeness (QED) is 0.516. The molecule has 2 aromatic carbocycles. The van der Waals surface area contributed by atoms with Gasteiger partial charge < -0.3 is 4.74 Å². The molecular formula is C25H27F4NO5S2. The second-order valence-corrected chi connectivity index (χ2v) is 14.4. The smallest absolute Gasteiger partial charge is 0.416 e. The van der Waals surface area contributed by atoms with Crippen LogP contribution in [0.5, 0.6) is 5.75 Å². The summed E-state index contributed by atoms with van der Waals surface area (Å²) in [7, 11) is -8.00. The number of nitrogens with one attached hydrogen (secondary N) is 1. The third-order valence-electron chi connectivity index (χ3n) is 7.91. The van der Waals surface area contributed by atoms with Crippen molar-refractivity contribution in [3.63, 3.8) is 0 Å². The number of sulfonamides is 1. The molecule has 0 radical (unpaired) electrons. The first-order chi connectivity index (χ1) is 17.3. The highest BCUT2D eigenvalue weighted by Gasteiger charge is 2.60. The Labute approximate surface area is 213 Å². The van der Waals surface area contributed by atoms with E-state index in [2.05, 4.69) is 4.72 Å². The maximum Gasteiger partial charge on any atom is 0.416 e. The normalized spacial score (nSPS) is 26.2. The highest BCUT2D eigenvalue weighted by molar-refractivity contribution is 7.92. The van der Waals surface area contributed by atoms with Crippen LogP contribution in [0.15, 0.2) is 41.3 Å². The number of ether oxygens (including phenoxy) is 1. The number of sulfone groups is 1. The van der Waals surface area contributed by atoms with Crippen molar-refractivity contribution in [3.05, 3.63) is 58.9 Å². The van der Waals surface area contributed by atoms with Crippen molar-refractivity contribution in [2.24, 2.45) is 11.8 Å². The van der Waals surface area contributed by atoms with E-state index in [1.165, 1.54) is 12.1 Å². The van der Waals surface area contributed by atoms with E-state index in [0.29, 0.717) is 43.4 Å². The lowest BCUT2D eigenvalue weighted by Gasteiger charge is -2.50. The minimum absolute atomic E-state index is 0.0279. The summed E-state index contributed by atoms with van der Waals surface area (Å²) in [5.41, 5.74) is -0.585. The van der Waals surface area contributed by atoms with E-state index in [4.69, 9.17) is 4.74 Å². The van der Waals surface area contributed by atoms with Gasteiger partial charge in [-0.25, -0.2) is 25.9 Å². The molecule has 3 atom stereocenters. The first kappa shape index (κ1) is 26.4. The van der Waals surface area contributed by atoms with Crippen LogP contribution in [0.4, 0.5) is 17.6 Å². The fourth-order valence-electron chi connectivity index (χ4n) is 5.86. The molecule has 0 spiro atoms. The van der Waals surface area contributed by atoms with Gasteiger partial charge in [0.15, 0.2) is 9.84 Å². The van der Waals surface area contributed by atoms with Crippen molar-refractivity contribution < 1.29 is 39.1 Å². The third kappa shape index (κ3) is 4.34. The fourth-order valence-corrected chi connectivity index (χ4v) is 9.74. The lowest BCUT2D eigenvalue weighted by molar-refractivity contribution is -0.137. The first-order valence-electron chi connectivity index (χ1n) is 12.1. The van der Waals surface area contributed by atoms with Crippen LogP contribution in [0.3, 0.4) is 0 Å². The summed E-state index contributed by atoms with van der Waals surface area (Å²) in [6.07, 6.45) is -2.63. The van der Waals surface area contributed by atoms with Gasteiger partial charge in [-0.3, -0.25) is 0 Å². The first-order valence-corrected chi connectivity index (χ1v) is 15.1. The van der Waals surface area contributed by atoms with E-state index < -0.39 is 59.3 Å². The number of hydrogen-bond acceptors (Lipinski definition) is 5. The summed E-state index contributed by atoms with van der Waals surface area (Å²) in [4.78, 5) is -0.349. The van der Waals surface area contributed by atoms with E-state index in [0.717, 1.165) is 12.1 Å². The maximum atomic E-state index is 15.5. The maximum absolute atomic E-state index is 15.5. The standard InChI is InChI=1S/C25H27F4NO5S2/c1-15-4-11-21(26)22-23(15)35-14-20-16(13-30-37(33,34)19-9-10-19)3-2-12-24(20,22)36(31,32)18-7-5-17(6-8-18)25(27,28)29/h4-8,11,16,19-20,30H,2-3,9-10,12-14H2,1H3/t16-,20-,24-/m0/s1. The molecule has 37 heavy (non-hydrogen) atoms. The summed E-state index contributed by atoms with van der Waals surface area (Å²) < 4.78 is 115. The van der Waals surface area contributed by atoms with Crippen molar-refractivity contribution >= 4 is 19.9 Å². The Bertz CT molecular complexity index is 1420. The molecule has 12 heteroatoms. The molecule has 0 unspecified atom stereocenters. The van der Waals surface area contributed by atoms with Gasteiger partial charge >= 0.3 is 6.18 Å². The summed E-state index contributed by atoms with van der Waals surface area (Å²) in [5, 5.41) is -0.458. The van der Waals surface area contributed by atoms with Crippen molar-refractivity contribution in [1.29, 1.82) is 0 Å². The van der Waals surface area contributed by atoms with Gasteiger partial charge in [0.25, 0.3) is 0 Å². The fraction of sp³-hybridized carbons (Fsp3) is 0.520. The zero-order valence-corrected chi connectivity index (χ0v) is 21.6. The molecule has 202 valence electrons. The summed E-state index contributed by atoms with van der Waals surface area (Å²) in [6.45, 7) is 1.55. The predicted octanol–water partition coefficient (Wildman–Crippen LogP) is 4.71. The van der Waals surface area contributed by atoms with Crippen LogP contribution in [0.1, 0.15) is 48.8 Å². The van der Waals surface area contributed by atoms with Crippen LogP contribution in [-0.4, -0.2) is 35.2 Å². The van der Waals surface area contributed by atoms with Crippen LogP contribution in [0.25, 0.3) is 0 Å². The van der Waals surface area contributed by atoms with Gasteiger partial charge in [-0.05, 0) is 74.4 Å². The van der Waals surface area contributed by atoms with Crippen LogP contribution in [-0.2, 0) is 30.8 Å². The Balaban J connectivity index is 1.64. The van der Waals surface area contributed by atoms with Crippen LogP contribution in [0, 0.1) is 24.6 Å². The lowest BCUT2D eigenvalue weighted by atomic mass is 9.67. The minimum atomic E-state index is -4.65. The summed E-state index contributed by atoms with van der Waals surface area (Å²) in [5.74, 6) is -1.97. The zero-order valence-electron chi connectivity index (χ0n) is 20.0. The van der Waals surface area contributed by atoms with Gasteiger partial charge in [0, 0.05) is 12.5 Å². The molecule has 2 saturated carbocycles. The average Bonchev–Trinajstić information content (AvgIpc) is 3.70. The second kappa shape index (κ2) is 8.94. The molecule has 0 aromatic heterocycles. The van der Waals surface area contributed by atoms with Gasteiger partial charge in [-0.15, -0.1) is 0 Å². The highest BCUT2D eigenvalue weighted by Crippen LogP contribution is 2.58. The van der Waals surface area contributed by atoms with Crippen molar-refractivity contribution in [3.8, 4) is 5.75 Å². The second-order valence-electron chi connectivity index (χ2n) is 10.1. The molecule has 0 saturated heterocycles. The van der Waals surface area contributed by atoms with Gasteiger partial charge in [0.05, 0.1) is 27.9 Å². The molecular weight excluding hydrogens is 534 g/mol. The molecule has 0 amide bonds. The topological polar surface area (TPSA) is 89.5 Å². The van der Waals surface area contributed by atoms with E-state index in [1.807, 2.05) is 0 Å². The number of fused-ring (bicyclic) bond motifs is 3. The van der Waals surface area contributed by atoms with E-state index >= 15 is 4.39 Å². The number of aryl methyl sites for hydroxylation is 1. The Hall–Kier alpha value is -2.18. The highest BCUT2D eigenvalue weighted by atomic mass is 32.2. The van der Waals surface area contributed by atoms with Gasteiger partial charge in [0.1, 0.15) is 16.3 Å². The molecule has 1 aliphatic heterocycles. The molecule has 5 rings (SSSR count). The Morgan fingerprint density at radius 2 is 1.70 bits per heavy atom. The Morgan fingerprint density at radius 3 is 2.32 bits per heavy atom. The summed E-state index contributed by atoms with van der Waals surface area (Å²) >= 11 is 0. The van der Waals surface area contributed by atoms with Crippen LogP contribution < -0.4 is 9.46 Å². The largest absolute Gasteiger partial charge is 0.492 e. The number of benzene rings is 2. The molecule has 2 aromatic rings. The molecule has 6 nitrogen and oxygen atoms in total. The van der Waals surface area contributed by atoms with E-state index in [1.54, 1.807) is 6.92 Å². The van der Waals surface area contributed by atoms with Crippen molar-refractivity contribution in [2.75, 3.05) is 13.2 Å². The van der Waals surface area contributed by atoms with Gasteiger partial charge in [-0.1, -0.05) is 12.5 Å². The lowest BCUT2D eigenvalue weighted by Crippen LogP contribution is -2.55. The van der Waals surface area contributed by atoms with E-state index in [-0.39, 0.29) is 35.8 Å².